The van der Waals surface area contributed by atoms with Gasteiger partial charge >= 0.3 is 0 Å². The molecule has 0 saturated heterocycles. The summed E-state index contributed by atoms with van der Waals surface area (Å²) in [6.07, 6.45) is 4.07. The van der Waals surface area contributed by atoms with Crippen LogP contribution in [-0.2, 0) is 4.79 Å². The van der Waals surface area contributed by atoms with Crippen molar-refractivity contribution in [1.82, 2.24) is 5.32 Å². The molecule has 2 rings (SSSR count). The van der Waals surface area contributed by atoms with Gasteiger partial charge in [0.05, 0.1) is 13.2 Å². The second kappa shape index (κ2) is 7.46. The van der Waals surface area contributed by atoms with Gasteiger partial charge in [-0.1, -0.05) is 12.1 Å². The zero-order valence-electron chi connectivity index (χ0n) is 13.0. The molecule has 1 aromatic rings. The third-order valence-electron chi connectivity index (χ3n) is 4.53. The number of benzene rings is 1. The summed E-state index contributed by atoms with van der Waals surface area (Å²) in [5.74, 6) is 1.76. The molecule has 1 fully saturated rings. The molecule has 0 aliphatic heterocycles. The highest BCUT2D eigenvalue weighted by Gasteiger charge is 2.26. The maximum atomic E-state index is 12.3. The fourth-order valence-electron chi connectivity index (χ4n) is 2.97. The predicted molar refractivity (Wildman–Crippen MR) is 84.1 cm³/mol. The van der Waals surface area contributed by atoms with E-state index in [4.69, 9.17) is 10.5 Å². The molecule has 3 N–H and O–H groups in total. The van der Waals surface area contributed by atoms with E-state index >= 15 is 0 Å². The molecule has 4 nitrogen and oxygen atoms in total. The van der Waals surface area contributed by atoms with Crippen molar-refractivity contribution < 1.29 is 9.53 Å². The number of carbonyl (C=O) groups is 1. The van der Waals surface area contributed by atoms with Crippen LogP contribution < -0.4 is 15.8 Å². The van der Waals surface area contributed by atoms with Crippen molar-refractivity contribution in [2.45, 2.75) is 38.6 Å². The minimum absolute atomic E-state index is 0.0237. The molecule has 0 heterocycles. The molecule has 116 valence electrons. The summed E-state index contributed by atoms with van der Waals surface area (Å²) in [5, 5.41) is 3.13. The molecular formula is C17H26N2O2. The SMILES string of the molecule is COc1ccc([C@H](C)NC(=O)C2CCC(CN)CC2)cc1. The number of nitrogens with two attached hydrogens (primary N) is 1. The average Bonchev–Trinajstić information content (AvgIpc) is 2.55. The highest BCUT2D eigenvalue weighted by Crippen LogP contribution is 2.29. The Labute approximate surface area is 127 Å². The van der Waals surface area contributed by atoms with Crippen LogP contribution in [0.25, 0.3) is 0 Å². The Kier molecular flexibility index (Phi) is 5.62. The summed E-state index contributed by atoms with van der Waals surface area (Å²) in [6, 6.07) is 7.86. The molecular weight excluding hydrogens is 264 g/mol. The molecule has 1 amide bonds. The van der Waals surface area contributed by atoms with Crippen LogP contribution in [0.15, 0.2) is 24.3 Å². The number of methoxy groups -OCH3 is 1. The number of carbonyl (C=O) groups excluding carboxylic acids is 1. The third kappa shape index (κ3) is 4.21. The van der Waals surface area contributed by atoms with Crippen LogP contribution in [-0.4, -0.2) is 19.6 Å². The van der Waals surface area contributed by atoms with Crippen molar-refractivity contribution in [2.75, 3.05) is 13.7 Å². The summed E-state index contributed by atoms with van der Waals surface area (Å²) in [5.41, 5.74) is 6.79. The van der Waals surface area contributed by atoms with E-state index < -0.39 is 0 Å². The van der Waals surface area contributed by atoms with Crippen LogP contribution in [0.2, 0.25) is 0 Å². The number of nitrogens with one attached hydrogen (secondary N) is 1. The van der Waals surface area contributed by atoms with Gasteiger partial charge in [-0.15, -0.1) is 0 Å². The van der Waals surface area contributed by atoms with Crippen LogP contribution in [0.5, 0.6) is 5.75 Å². The highest BCUT2D eigenvalue weighted by atomic mass is 16.5. The number of ether oxygens (including phenoxy) is 1. The van der Waals surface area contributed by atoms with E-state index in [0.29, 0.717) is 5.92 Å². The van der Waals surface area contributed by atoms with E-state index in [1.165, 1.54) is 0 Å². The Bertz CT molecular complexity index is 450. The van der Waals surface area contributed by atoms with Crippen molar-refractivity contribution in [3.63, 3.8) is 0 Å². The first-order valence-electron chi connectivity index (χ1n) is 7.78. The topological polar surface area (TPSA) is 64.3 Å². The molecule has 1 aliphatic rings. The summed E-state index contributed by atoms with van der Waals surface area (Å²) in [4.78, 5) is 12.3. The van der Waals surface area contributed by atoms with Crippen molar-refractivity contribution in [1.29, 1.82) is 0 Å². The first kappa shape index (κ1) is 15.8. The maximum Gasteiger partial charge on any atom is 0.223 e. The van der Waals surface area contributed by atoms with E-state index in [0.717, 1.165) is 43.5 Å². The van der Waals surface area contributed by atoms with Crippen LogP contribution >= 0.6 is 0 Å². The Morgan fingerprint density at radius 2 is 1.90 bits per heavy atom. The fourth-order valence-corrected chi connectivity index (χ4v) is 2.97. The monoisotopic (exact) mass is 290 g/mol. The van der Waals surface area contributed by atoms with E-state index in [-0.39, 0.29) is 17.9 Å². The molecule has 4 heteroatoms. The van der Waals surface area contributed by atoms with Gasteiger partial charge in [-0.3, -0.25) is 4.79 Å². The van der Waals surface area contributed by atoms with Gasteiger partial charge in [-0.25, -0.2) is 0 Å². The van der Waals surface area contributed by atoms with Gasteiger partial charge in [-0.2, -0.15) is 0 Å². The quantitative estimate of drug-likeness (QED) is 0.876. The average molecular weight is 290 g/mol. The minimum Gasteiger partial charge on any atom is -0.497 e. The normalized spacial score (nSPS) is 23.4. The van der Waals surface area contributed by atoms with Crippen LogP contribution in [0, 0.1) is 11.8 Å². The maximum absolute atomic E-state index is 12.3. The molecule has 0 spiro atoms. The second-order valence-electron chi connectivity index (χ2n) is 5.96. The molecule has 0 unspecified atom stereocenters. The van der Waals surface area contributed by atoms with Crippen LogP contribution in [0.3, 0.4) is 0 Å². The molecule has 1 aromatic carbocycles. The second-order valence-corrected chi connectivity index (χ2v) is 5.96. The number of amides is 1. The van der Waals surface area contributed by atoms with Gasteiger partial charge in [0.2, 0.25) is 5.91 Å². The first-order valence-corrected chi connectivity index (χ1v) is 7.78. The summed E-state index contributed by atoms with van der Waals surface area (Å²) < 4.78 is 5.15. The lowest BCUT2D eigenvalue weighted by molar-refractivity contribution is -0.126. The van der Waals surface area contributed by atoms with Gasteiger partial charge in [0.1, 0.15) is 5.75 Å². The number of rotatable bonds is 5. The van der Waals surface area contributed by atoms with Crippen LogP contribution in [0.4, 0.5) is 0 Å². The van der Waals surface area contributed by atoms with E-state index in [1.54, 1.807) is 7.11 Å². The lowest BCUT2D eigenvalue weighted by Crippen LogP contribution is -2.35. The number of hydrogen-bond donors (Lipinski definition) is 2. The summed E-state index contributed by atoms with van der Waals surface area (Å²) in [7, 11) is 1.65. The molecule has 1 saturated carbocycles. The molecule has 0 bridgehead atoms. The zero-order valence-corrected chi connectivity index (χ0v) is 13.0. The zero-order chi connectivity index (χ0) is 15.2. The molecule has 0 aromatic heterocycles. The van der Waals surface area contributed by atoms with Gasteiger partial charge in [0.25, 0.3) is 0 Å². The van der Waals surface area contributed by atoms with E-state index in [1.807, 2.05) is 31.2 Å². The standard InChI is InChI=1S/C17H26N2O2/c1-12(14-7-9-16(21-2)10-8-14)19-17(20)15-5-3-13(11-18)4-6-15/h7-10,12-13,15H,3-6,11,18H2,1-2H3,(H,19,20)/t12-,13?,15?/m0/s1. The molecule has 0 radical (unpaired) electrons. The van der Waals surface area contributed by atoms with Crippen molar-refractivity contribution >= 4 is 5.91 Å². The Morgan fingerprint density at radius 1 is 1.29 bits per heavy atom. The number of hydrogen-bond acceptors (Lipinski definition) is 3. The highest BCUT2D eigenvalue weighted by molar-refractivity contribution is 5.79. The van der Waals surface area contributed by atoms with Gasteiger partial charge < -0.3 is 15.8 Å². The minimum atomic E-state index is 0.0237. The smallest absolute Gasteiger partial charge is 0.223 e. The fraction of sp³-hybridized carbons (Fsp3) is 0.588. The summed E-state index contributed by atoms with van der Waals surface area (Å²) in [6.45, 7) is 2.77. The largest absolute Gasteiger partial charge is 0.497 e. The Balaban J connectivity index is 1.86. The molecule has 21 heavy (non-hydrogen) atoms. The van der Waals surface area contributed by atoms with Gasteiger partial charge in [0, 0.05) is 5.92 Å². The van der Waals surface area contributed by atoms with Crippen LogP contribution in [0.1, 0.15) is 44.2 Å². The lowest BCUT2D eigenvalue weighted by Gasteiger charge is -2.28. The Hall–Kier alpha value is -1.55. The van der Waals surface area contributed by atoms with Gasteiger partial charge in [-0.05, 0) is 62.8 Å². The van der Waals surface area contributed by atoms with E-state index in [9.17, 15) is 4.79 Å². The van der Waals surface area contributed by atoms with Crippen molar-refractivity contribution in [2.24, 2.45) is 17.6 Å². The first-order chi connectivity index (χ1) is 10.1. The van der Waals surface area contributed by atoms with Crippen molar-refractivity contribution in [3.05, 3.63) is 29.8 Å². The molecule has 1 atom stereocenters. The predicted octanol–water partition coefficient (Wildman–Crippen LogP) is 2.64. The van der Waals surface area contributed by atoms with Crippen molar-refractivity contribution in [3.8, 4) is 5.75 Å². The molecule has 1 aliphatic carbocycles. The third-order valence-corrected chi connectivity index (χ3v) is 4.53. The summed E-state index contributed by atoms with van der Waals surface area (Å²) >= 11 is 0. The Morgan fingerprint density at radius 3 is 2.43 bits per heavy atom. The van der Waals surface area contributed by atoms with E-state index in [2.05, 4.69) is 5.32 Å². The lowest BCUT2D eigenvalue weighted by atomic mass is 9.81. The van der Waals surface area contributed by atoms with Gasteiger partial charge in [0.15, 0.2) is 0 Å².